The van der Waals surface area contributed by atoms with Gasteiger partial charge in [0.1, 0.15) is 16.1 Å². The van der Waals surface area contributed by atoms with Crippen LogP contribution in [0.4, 0.5) is 5.95 Å². The van der Waals surface area contributed by atoms with Crippen molar-refractivity contribution in [3.63, 3.8) is 0 Å². The highest BCUT2D eigenvalue weighted by atomic mass is 79.9. The van der Waals surface area contributed by atoms with Crippen LogP contribution in [0.2, 0.25) is 0 Å². The van der Waals surface area contributed by atoms with Crippen molar-refractivity contribution in [3.05, 3.63) is 15.0 Å². The first-order chi connectivity index (χ1) is 9.51. The molecule has 3 heterocycles. The normalized spacial score (nSPS) is 26.4. The molecule has 2 aromatic heterocycles. The maximum Gasteiger partial charge on any atom is 0.264 e. The molecule has 1 saturated heterocycles. The number of nitrogens with two attached hydrogens (primary N) is 1. The Kier molecular flexibility index (Phi) is 3.24. The van der Waals surface area contributed by atoms with Gasteiger partial charge < -0.3 is 20.7 Å². The lowest BCUT2D eigenvalue weighted by Crippen LogP contribution is -2.24. The maximum atomic E-state index is 11.8. The Morgan fingerprint density at radius 3 is 3.00 bits per heavy atom. The molecule has 0 radical (unpaired) electrons. The fourth-order valence-corrected chi connectivity index (χ4v) is 2.78. The summed E-state index contributed by atoms with van der Waals surface area (Å²) in [6.07, 6.45) is -1.87. The first kappa shape index (κ1) is 13.5. The summed E-state index contributed by atoms with van der Waals surface area (Å²) in [4.78, 5) is 18.3. The average Bonchev–Trinajstić information content (AvgIpc) is 2.90. The minimum atomic E-state index is -0.803. The van der Waals surface area contributed by atoms with E-state index in [-0.39, 0.29) is 30.0 Å². The molecule has 1 aliphatic heterocycles. The molecule has 0 saturated carbocycles. The predicted molar refractivity (Wildman–Crippen MR) is 71.9 cm³/mol. The van der Waals surface area contributed by atoms with E-state index >= 15 is 0 Å². The van der Waals surface area contributed by atoms with Crippen molar-refractivity contribution in [3.8, 4) is 0 Å². The van der Waals surface area contributed by atoms with Gasteiger partial charge in [-0.25, -0.2) is 4.68 Å². The lowest BCUT2D eigenvalue weighted by Gasteiger charge is -2.12. The Bertz CT molecular complexity index is 713. The van der Waals surface area contributed by atoms with Crippen molar-refractivity contribution < 1.29 is 14.9 Å². The Hall–Kier alpha value is -1.49. The van der Waals surface area contributed by atoms with Crippen LogP contribution in [0.25, 0.3) is 11.0 Å². The van der Waals surface area contributed by atoms with Crippen molar-refractivity contribution in [2.45, 2.75) is 24.9 Å². The lowest BCUT2D eigenvalue weighted by atomic mass is 10.2. The third-order valence-electron chi connectivity index (χ3n) is 3.19. The van der Waals surface area contributed by atoms with Gasteiger partial charge in [-0.15, -0.1) is 0 Å². The monoisotopic (exact) mass is 345 g/mol. The highest BCUT2D eigenvalue weighted by molar-refractivity contribution is 9.10. The fraction of sp³-hybridized carbons (Fsp3) is 0.500. The van der Waals surface area contributed by atoms with Crippen LogP contribution in [0.3, 0.4) is 0 Å². The number of nitrogen functional groups attached to an aromatic ring is 1. The zero-order valence-corrected chi connectivity index (χ0v) is 11.7. The van der Waals surface area contributed by atoms with Gasteiger partial charge in [0.2, 0.25) is 5.95 Å². The van der Waals surface area contributed by atoms with Crippen LogP contribution < -0.4 is 11.3 Å². The highest BCUT2D eigenvalue weighted by Gasteiger charge is 2.36. The number of hydrogen-bond donors (Lipinski definition) is 4. The number of aromatic nitrogens is 4. The summed E-state index contributed by atoms with van der Waals surface area (Å²) in [5.41, 5.74) is 5.37. The van der Waals surface area contributed by atoms with Crippen LogP contribution in [0, 0.1) is 0 Å². The molecule has 0 unspecified atom stereocenters. The van der Waals surface area contributed by atoms with Gasteiger partial charge in [-0.3, -0.25) is 9.78 Å². The van der Waals surface area contributed by atoms with Crippen molar-refractivity contribution >= 4 is 32.9 Å². The summed E-state index contributed by atoms with van der Waals surface area (Å²) >= 11 is 3.19. The van der Waals surface area contributed by atoms with Crippen molar-refractivity contribution in [1.29, 1.82) is 0 Å². The van der Waals surface area contributed by atoms with Crippen LogP contribution >= 0.6 is 15.9 Å². The molecule has 0 aromatic carbocycles. The lowest BCUT2D eigenvalue weighted by molar-refractivity contribution is -0.0471. The summed E-state index contributed by atoms with van der Waals surface area (Å²) in [5, 5.41) is 23.3. The van der Waals surface area contributed by atoms with Crippen molar-refractivity contribution in [1.82, 2.24) is 19.7 Å². The van der Waals surface area contributed by atoms with E-state index in [1.54, 1.807) is 0 Å². The van der Waals surface area contributed by atoms with Crippen LogP contribution in [0.5, 0.6) is 0 Å². The predicted octanol–water partition coefficient (Wildman–Crippen LogP) is -0.895. The Balaban J connectivity index is 2.11. The minimum Gasteiger partial charge on any atom is -0.394 e. The molecule has 0 bridgehead atoms. The molecule has 108 valence electrons. The number of H-pyrrole nitrogens is 1. The molecule has 0 amide bonds. The molecule has 10 heteroatoms. The van der Waals surface area contributed by atoms with Gasteiger partial charge in [-0.1, -0.05) is 0 Å². The number of rotatable bonds is 2. The molecule has 1 fully saturated rings. The molecule has 0 aliphatic carbocycles. The van der Waals surface area contributed by atoms with E-state index in [9.17, 15) is 9.90 Å². The van der Waals surface area contributed by atoms with E-state index in [1.807, 2.05) is 0 Å². The second-order valence-corrected chi connectivity index (χ2v) is 5.25. The van der Waals surface area contributed by atoms with Gasteiger partial charge >= 0.3 is 0 Å². The second-order valence-electron chi connectivity index (χ2n) is 4.50. The second kappa shape index (κ2) is 4.81. The van der Waals surface area contributed by atoms with Gasteiger partial charge in [0, 0.05) is 6.42 Å². The number of hydrogen-bond acceptors (Lipinski definition) is 7. The number of anilines is 1. The van der Waals surface area contributed by atoms with Crippen LogP contribution in [0.15, 0.2) is 9.40 Å². The first-order valence-electron chi connectivity index (χ1n) is 5.89. The number of nitrogens with zero attached hydrogens (tertiary/aromatic N) is 3. The fourth-order valence-electron chi connectivity index (χ4n) is 2.25. The van der Waals surface area contributed by atoms with E-state index in [0.717, 1.165) is 0 Å². The average molecular weight is 346 g/mol. The number of halogens is 1. The summed E-state index contributed by atoms with van der Waals surface area (Å²) in [6, 6.07) is 0. The molecule has 3 atom stereocenters. The molecular formula is C10H12BrN5O4. The smallest absolute Gasteiger partial charge is 0.264 e. The molecule has 20 heavy (non-hydrogen) atoms. The largest absolute Gasteiger partial charge is 0.394 e. The SMILES string of the molecule is Nc1nc2c(c(Br)nn2[C@H]2C[C@H](O)[C@@H](CO)O2)c(=O)[nH]1. The van der Waals surface area contributed by atoms with Gasteiger partial charge in [-0.05, 0) is 15.9 Å². The minimum absolute atomic E-state index is 0.0339. The van der Waals surface area contributed by atoms with Gasteiger partial charge in [0.25, 0.3) is 5.56 Å². The van der Waals surface area contributed by atoms with E-state index in [2.05, 4.69) is 31.0 Å². The van der Waals surface area contributed by atoms with Gasteiger partial charge in [0.05, 0.1) is 12.7 Å². The summed E-state index contributed by atoms with van der Waals surface area (Å²) < 4.78 is 7.19. The van der Waals surface area contributed by atoms with E-state index in [0.29, 0.717) is 4.60 Å². The Morgan fingerprint density at radius 1 is 1.60 bits per heavy atom. The molecule has 5 N–H and O–H groups in total. The standard InChI is InChI=1S/C10H12BrN5O4/c11-7-6-8(13-10(12)14-9(6)19)16(15-7)5-1-3(18)4(2-17)20-5/h3-5,17-18H,1-2H2,(H3,12,13,14,19)/t3-,4+,5+/m0/s1. The number of aromatic amines is 1. The van der Waals surface area contributed by atoms with Crippen molar-refractivity contribution in [2.24, 2.45) is 0 Å². The molecule has 0 spiro atoms. The zero-order valence-electron chi connectivity index (χ0n) is 10.2. The van der Waals surface area contributed by atoms with Crippen LogP contribution in [0.1, 0.15) is 12.6 Å². The number of fused-ring (bicyclic) bond motifs is 1. The van der Waals surface area contributed by atoms with E-state index < -0.39 is 24.0 Å². The molecule has 3 rings (SSSR count). The molecule has 1 aliphatic rings. The topological polar surface area (TPSA) is 139 Å². The molecular weight excluding hydrogens is 334 g/mol. The third kappa shape index (κ3) is 2.00. The number of nitrogens with one attached hydrogen (secondary N) is 1. The third-order valence-corrected chi connectivity index (χ3v) is 3.75. The number of aliphatic hydroxyl groups excluding tert-OH is 2. The van der Waals surface area contributed by atoms with E-state index in [1.165, 1.54) is 4.68 Å². The van der Waals surface area contributed by atoms with Crippen LogP contribution in [-0.2, 0) is 4.74 Å². The number of ether oxygens (including phenoxy) is 1. The Morgan fingerprint density at radius 2 is 2.35 bits per heavy atom. The van der Waals surface area contributed by atoms with Gasteiger partial charge in [-0.2, -0.15) is 10.1 Å². The summed E-state index contributed by atoms with van der Waals surface area (Å²) in [5.74, 6) is -0.0339. The van der Waals surface area contributed by atoms with Crippen molar-refractivity contribution in [2.75, 3.05) is 12.3 Å². The Labute approximate surface area is 120 Å². The quantitative estimate of drug-likeness (QED) is 0.553. The van der Waals surface area contributed by atoms with E-state index in [4.69, 9.17) is 15.6 Å². The zero-order chi connectivity index (χ0) is 14.4. The first-order valence-corrected chi connectivity index (χ1v) is 6.68. The van der Waals surface area contributed by atoms with Gasteiger partial charge in [0.15, 0.2) is 11.9 Å². The maximum absolute atomic E-state index is 11.8. The highest BCUT2D eigenvalue weighted by Crippen LogP contribution is 2.31. The summed E-state index contributed by atoms with van der Waals surface area (Å²) in [6.45, 7) is -0.297. The number of aliphatic hydroxyl groups is 2. The molecule has 2 aromatic rings. The molecule has 9 nitrogen and oxygen atoms in total. The summed E-state index contributed by atoms with van der Waals surface area (Å²) in [7, 11) is 0. The van der Waals surface area contributed by atoms with Crippen LogP contribution in [-0.4, -0.2) is 48.8 Å².